The molecule has 0 bridgehead atoms. The van der Waals surface area contributed by atoms with Crippen molar-refractivity contribution in [3.8, 4) is 5.75 Å². The Morgan fingerprint density at radius 2 is 1.70 bits per heavy atom. The number of piperidine rings is 1. The summed E-state index contributed by atoms with van der Waals surface area (Å²) in [6.45, 7) is 5.47. The van der Waals surface area contributed by atoms with E-state index in [1.165, 1.54) is 16.4 Å². The van der Waals surface area contributed by atoms with Crippen molar-refractivity contribution in [2.75, 3.05) is 26.2 Å². The van der Waals surface area contributed by atoms with Gasteiger partial charge in [0.1, 0.15) is 12.4 Å². The Labute approximate surface area is 183 Å². The molecule has 6 nitrogen and oxygen atoms in total. The molecule has 3 rings (SSSR count). The van der Waals surface area contributed by atoms with Gasteiger partial charge in [-0.3, -0.25) is 4.79 Å². The van der Waals surface area contributed by atoms with Crippen LogP contribution in [0.3, 0.4) is 0 Å². The second kappa shape index (κ2) is 9.81. The summed E-state index contributed by atoms with van der Waals surface area (Å²) in [5.41, 5.74) is 2.27. The van der Waals surface area contributed by atoms with Crippen molar-refractivity contribution in [2.45, 2.75) is 31.6 Å². The zero-order valence-corrected chi connectivity index (χ0v) is 18.8. The van der Waals surface area contributed by atoms with Crippen molar-refractivity contribution in [2.24, 2.45) is 5.92 Å². The first kappa shape index (κ1) is 22.6. The molecule has 0 atom stereocenters. The fourth-order valence-corrected chi connectivity index (χ4v) is 5.21. The summed E-state index contributed by atoms with van der Waals surface area (Å²) < 4.78 is 32.6. The maximum atomic E-state index is 12.7. The standard InChI is InChI=1S/C22H27ClN2O4S/c1-16-13-17(2)15-20(14-16)29-12-9-24-22(26)18-7-10-25(11-8-18)30(27,28)21-5-3-19(23)4-6-21/h3-6,13-15,18H,7-12H2,1-2H3,(H,24,26). The predicted octanol–water partition coefficient (Wildman–Crippen LogP) is 3.55. The number of hydrogen-bond acceptors (Lipinski definition) is 4. The number of sulfonamides is 1. The average molecular weight is 451 g/mol. The highest BCUT2D eigenvalue weighted by molar-refractivity contribution is 7.89. The minimum atomic E-state index is -3.56. The largest absolute Gasteiger partial charge is 0.492 e. The van der Waals surface area contributed by atoms with Crippen molar-refractivity contribution >= 4 is 27.5 Å². The Kier molecular flexibility index (Phi) is 7.39. The molecule has 1 fully saturated rings. The fourth-order valence-electron chi connectivity index (χ4n) is 3.62. The minimum Gasteiger partial charge on any atom is -0.492 e. The number of amides is 1. The van der Waals surface area contributed by atoms with E-state index in [4.69, 9.17) is 16.3 Å². The summed E-state index contributed by atoms with van der Waals surface area (Å²) in [6, 6.07) is 12.1. The van der Waals surface area contributed by atoms with Gasteiger partial charge in [0.2, 0.25) is 15.9 Å². The molecule has 0 unspecified atom stereocenters. The van der Waals surface area contributed by atoms with Gasteiger partial charge in [0.25, 0.3) is 0 Å². The van der Waals surface area contributed by atoms with Gasteiger partial charge in [-0.25, -0.2) is 8.42 Å². The van der Waals surface area contributed by atoms with E-state index in [0.29, 0.717) is 44.1 Å². The van der Waals surface area contributed by atoms with Crippen LogP contribution in [-0.2, 0) is 14.8 Å². The lowest BCUT2D eigenvalue weighted by Gasteiger charge is -2.30. The Hall–Kier alpha value is -2.09. The van der Waals surface area contributed by atoms with Crippen LogP contribution in [0.5, 0.6) is 5.75 Å². The van der Waals surface area contributed by atoms with Crippen LogP contribution >= 0.6 is 11.6 Å². The summed E-state index contributed by atoms with van der Waals surface area (Å²) in [7, 11) is -3.56. The van der Waals surface area contributed by atoms with Gasteiger partial charge in [0, 0.05) is 24.0 Å². The molecule has 162 valence electrons. The number of nitrogens with zero attached hydrogens (tertiary/aromatic N) is 1. The third-order valence-corrected chi connectivity index (χ3v) is 7.31. The molecule has 0 aliphatic carbocycles. The third-order valence-electron chi connectivity index (χ3n) is 5.14. The average Bonchev–Trinajstić information content (AvgIpc) is 2.71. The predicted molar refractivity (Wildman–Crippen MR) is 117 cm³/mol. The smallest absolute Gasteiger partial charge is 0.243 e. The number of rotatable bonds is 7. The Bertz CT molecular complexity index is 964. The Morgan fingerprint density at radius 3 is 2.30 bits per heavy atom. The second-order valence-electron chi connectivity index (χ2n) is 7.60. The number of aryl methyl sites for hydroxylation is 2. The monoisotopic (exact) mass is 450 g/mol. The van der Waals surface area contributed by atoms with Crippen LogP contribution in [-0.4, -0.2) is 44.9 Å². The van der Waals surface area contributed by atoms with Crippen molar-refractivity contribution in [3.63, 3.8) is 0 Å². The number of hydrogen-bond donors (Lipinski definition) is 1. The first-order chi connectivity index (χ1) is 14.3. The first-order valence-corrected chi connectivity index (χ1v) is 11.8. The van der Waals surface area contributed by atoms with Crippen LogP contribution < -0.4 is 10.1 Å². The third kappa shape index (κ3) is 5.74. The molecular weight excluding hydrogens is 424 g/mol. The van der Waals surface area contributed by atoms with E-state index < -0.39 is 10.0 Å². The second-order valence-corrected chi connectivity index (χ2v) is 9.97. The van der Waals surface area contributed by atoms with Crippen LogP contribution in [0, 0.1) is 19.8 Å². The van der Waals surface area contributed by atoms with Gasteiger partial charge in [-0.1, -0.05) is 17.7 Å². The summed E-state index contributed by atoms with van der Waals surface area (Å²) >= 11 is 5.84. The van der Waals surface area contributed by atoms with Gasteiger partial charge in [-0.15, -0.1) is 0 Å². The first-order valence-electron chi connectivity index (χ1n) is 10.0. The molecule has 30 heavy (non-hydrogen) atoms. The maximum Gasteiger partial charge on any atom is 0.243 e. The lowest BCUT2D eigenvalue weighted by atomic mass is 9.97. The highest BCUT2D eigenvalue weighted by Crippen LogP contribution is 2.25. The summed E-state index contributed by atoms with van der Waals surface area (Å²) in [5, 5.41) is 3.39. The topological polar surface area (TPSA) is 75.7 Å². The summed E-state index contributed by atoms with van der Waals surface area (Å²) in [4.78, 5) is 12.7. The molecule has 2 aromatic rings. The molecule has 1 N–H and O–H groups in total. The quantitative estimate of drug-likeness (QED) is 0.654. The number of benzene rings is 2. The van der Waals surface area contributed by atoms with Gasteiger partial charge in [0.05, 0.1) is 11.4 Å². The SMILES string of the molecule is Cc1cc(C)cc(OCCNC(=O)C2CCN(S(=O)(=O)c3ccc(Cl)cc3)CC2)c1. The summed E-state index contributed by atoms with van der Waals surface area (Å²) in [5.74, 6) is 0.549. The Balaban J connectivity index is 1.44. The van der Waals surface area contributed by atoms with E-state index in [9.17, 15) is 13.2 Å². The Morgan fingerprint density at radius 1 is 1.10 bits per heavy atom. The normalized spacial score (nSPS) is 15.7. The van der Waals surface area contributed by atoms with Crippen LogP contribution in [0.4, 0.5) is 0 Å². The molecule has 0 radical (unpaired) electrons. The molecule has 1 amide bonds. The van der Waals surface area contributed by atoms with Gasteiger partial charge in [0.15, 0.2) is 0 Å². The van der Waals surface area contributed by atoms with E-state index in [0.717, 1.165) is 16.9 Å². The van der Waals surface area contributed by atoms with Gasteiger partial charge < -0.3 is 10.1 Å². The lowest BCUT2D eigenvalue weighted by Crippen LogP contribution is -2.43. The molecule has 0 aromatic heterocycles. The molecular formula is C22H27ClN2O4S. The number of ether oxygens (including phenoxy) is 1. The van der Waals surface area contributed by atoms with E-state index in [2.05, 4.69) is 11.4 Å². The van der Waals surface area contributed by atoms with Crippen molar-refractivity contribution in [1.29, 1.82) is 0 Å². The molecule has 2 aromatic carbocycles. The highest BCUT2D eigenvalue weighted by Gasteiger charge is 2.31. The number of carbonyl (C=O) groups excluding carboxylic acids is 1. The molecule has 1 saturated heterocycles. The van der Waals surface area contributed by atoms with E-state index in [1.54, 1.807) is 12.1 Å². The van der Waals surface area contributed by atoms with Crippen LogP contribution in [0.15, 0.2) is 47.4 Å². The minimum absolute atomic E-state index is 0.0532. The van der Waals surface area contributed by atoms with Gasteiger partial charge >= 0.3 is 0 Å². The van der Waals surface area contributed by atoms with Crippen LogP contribution in [0.25, 0.3) is 0 Å². The van der Waals surface area contributed by atoms with E-state index in [1.807, 2.05) is 26.0 Å². The van der Waals surface area contributed by atoms with Crippen LogP contribution in [0.2, 0.25) is 5.02 Å². The highest BCUT2D eigenvalue weighted by atomic mass is 35.5. The van der Waals surface area contributed by atoms with Crippen molar-refractivity contribution < 1.29 is 17.9 Å². The number of nitrogens with one attached hydrogen (secondary N) is 1. The molecule has 0 spiro atoms. The van der Waals surface area contributed by atoms with Gasteiger partial charge in [-0.2, -0.15) is 4.31 Å². The number of carbonyl (C=O) groups is 1. The fraction of sp³-hybridized carbons (Fsp3) is 0.409. The zero-order valence-electron chi connectivity index (χ0n) is 17.2. The molecule has 1 heterocycles. The van der Waals surface area contributed by atoms with Gasteiger partial charge in [-0.05, 0) is 74.2 Å². The molecule has 1 aliphatic heterocycles. The van der Waals surface area contributed by atoms with Crippen molar-refractivity contribution in [1.82, 2.24) is 9.62 Å². The van der Waals surface area contributed by atoms with Crippen LogP contribution in [0.1, 0.15) is 24.0 Å². The van der Waals surface area contributed by atoms with E-state index >= 15 is 0 Å². The van der Waals surface area contributed by atoms with E-state index in [-0.39, 0.29) is 16.7 Å². The molecule has 1 aliphatic rings. The maximum absolute atomic E-state index is 12.7. The van der Waals surface area contributed by atoms with Crippen molar-refractivity contribution in [3.05, 3.63) is 58.6 Å². The zero-order chi connectivity index (χ0) is 21.7. The molecule has 0 saturated carbocycles. The lowest BCUT2D eigenvalue weighted by molar-refractivity contribution is -0.126. The summed E-state index contributed by atoms with van der Waals surface area (Å²) in [6.07, 6.45) is 0.993. The number of halogens is 1. The molecule has 8 heteroatoms.